The molecule has 0 saturated carbocycles. The predicted molar refractivity (Wildman–Crippen MR) is 75.3 cm³/mol. The van der Waals surface area contributed by atoms with Crippen LogP contribution in [-0.4, -0.2) is 43.1 Å². The minimum absolute atomic E-state index is 0.0953. The van der Waals surface area contributed by atoms with E-state index < -0.39 is 10.0 Å². The molecule has 0 aliphatic rings. The summed E-state index contributed by atoms with van der Waals surface area (Å²) in [6.45, 7) is 9.02. The van der Waals surface area contributed by atoms with Crippen molar-refractivity contribution in [3.05, 3.63) is 23.9 Å². The Balaban J connectivity index is 3.03. The number of nitrogens with zero attached hydrogens (tertiary/aromatic N) is 2. The Morgan fingerprint density at radius 3 is 2.79 bits per heavy atom. The van der Waals surface area contributed by atoms with E-state index >= 15 is 0 Å². The third-order valence-electron chi connectivity index (χ3n) is 2.81. The molecule has 7 heteroatoms. The normalized spacial score (nSPS) is 12.0. The maximum Gasteiger partial charge on any atom is 0.262 e. The molecule has 0 aliphatic carbocycles. The molecule has 0 fully saturated rings. The fourth-order valence-electron chi connectivity index (χ4n) is 1.67. The number of aromatic nitrogens is 2. The smallest absolute Gasteiger partial charge is 0.262 e. The maximum atomic E-state index is 12.4. The number of sulfonamides is 1. The summed E-state index contributed by atoms with van der Waals surface area (Å²) < 4.78 is 25.9. The monoisotopic (exact) mass is 286 g/mol. The van der Waals surface area contributed by atoms with Gasteiger partial charge in [-0.15, -0.1) is 6.58 Å². The van der Waals surface area contributed by atoms with Gasteiger partial charge in [0, 0.05) is 31.4 Å². The van der Waals surface area contributed by atoms with Crippen LogP contribution >= 0.6 is 0 Å². The van der Waals surface area contributed by atoms with Crippen molar-refractivity contribution in [2.45, 2.75) is 31.8 Å². The molecular formula is C12H22N4O2S. The summed E-state index contributed by atoms with van der Waals surface area (Å²) in [5.74, 6) is 0. The zero-order valence-electron chi connectivity index (χ0n) is 11.7. The molecule has 0 amide bonds. The fraction of sp³-hybridized carbons (Fsp3) is 0.583. The second-order valence-electron chi connectivity index (χ2n) is 4.38. The van der Waals surface area contributed by atoms with E-state index in [1.54, 1.807) is 6.08 Å². The number of hydrogen-bond donors (Lipinski definition) is 2. The highest BCUT2D eigenvalue weighted by Crippen LogP contribution is 2.19. The molecule has 0 atom stereocenters. The van der Waals surface area contributed by atoms with Gasteiger partial charge in [0.05, 0.1) is 0 Å². The summed E-state index contributed by atoms with van der Waals surface area (Å²) in [5.41, 5.74) is 1.47. The van der Waals surface area contributed by atoms with Crippen LogP contribution in [-0.2, 0) is 16.6 Å². The van der Waals surface area contributed by atoms with Gasteiger partial charge in [-0.25, -0.2) is 8.42 Å². The van der Waals surface area contributed by atoms with E-state index in [1.807, 2.05) is 6.92 Å². The van der Waals surface area contributed by atoms with E-state index in [1.165, 1.54) is 11.4 Å². The molecule has 1 rings (SSSR count). The number of aromatic amines is 1. The lowest BCUT2D eigenvalue weighted by Gasteiger charge is -2.14. The Hall–Kier alpha value is -1.18. The molecule has 1 aromatic rings. The highest BCUT2D eigenvalue weighted by atomic mass is 32.2. The van der Waals surface area contributed by atoms with Crippen molar-refractivity contribution < 1.29 is 8.42 Å². The molecule has 0 unspecified atom stereocenters. The summed E-state index contributed by atoms with van der Waals surface area (Å²) in [4.78, 5) is 0. The molecule has 0 aromatic carbocycles. The maximum absolute atomic E-state index is 12.4. The Kier molecular flexibility index (Phi) is 5.71. The fourth-order valence-corrected chi connectivity index (χ4v) is 2.96. The molecule has 19 heavy (non-hydrogen) atoms. The Morgan fingerprint density at radius 2 is 2.21 bits per heavy atom. The van der Waals surface area contributed by atoms with Gasteiger partial charge in [-0.2, -0.15) is 9.40 Å². The largest absolute Gasteiger partial charge is 0.313 e. The molecule has 0 spiro atoms. The standard InChI is InChI=1S/C12H22N4O2S/c1-5-7-13-9-11-10(3)14-15-12(11)19(17,18)16(4)8-6-2/h6,13H,2,5,7-9H2,1,3-4H3,(H,14,15). The highest BCUT2D eigenvalue weighted by Gasteiger charge is 2.27. The van der Waals surface area contributed by atoms with Crippen LogP contribution in [0.25, 0.3) is 0 Å². The van der Waals surface area contributed by atoms with Crippen LogP contribution in [0.1, 0.15) is 24.6 Å². The number of likely N-dealkylation sites (N-methyl/N-ethyl adjacent to an activating group) is 1. The molecule has 1 aromatic heterocycles. The lowest BCUT2D eigenvalue weighted by Crippen LogP contribution is -2.29. The highest BCUT2D eigenvalue weighted by molar-refractivity contribution is 7.89. The van der Waals surface area contributed by atoms with Crippen LogP contribution in [0.5, 0.6) is 0 Å². The molecule has 2 N–H and O–H groups in total. The zero-order chi connectivity index (χ0) is 14.5. The SMILES string of the molecule is C=CCN(C)S(=O)(=O)c1n[nH]c(C)c1CNCCC. The third kappa shape index (κ3) is 3.65. The molecular weight excluding hydrogens is 264 g/mol. The molecule has 0 radical (unpaired) electrons. The molecule has 1 heterocycles. The first-order valence-electron chi connectivity index (χ1n) is 6.26. The summed E-state index contributed by atoms with van der Waals surface area (Å²) in [7, 11) is -2.05. The van der Waals surface area contributed by atoms with Crippen LogP contribution < -0.4 is 5.32 Å². The van der Waals surface area contributed by atoms with Crippen LogP contribution in [0.3, 0.4) is 0 Å². The number of rotatable bonds is 8. The molecule has 0 saturated heterocycles. The van der Waals surface area contributed by atoms with Crippen LogP contribution in [0, 0.1) is 6.92 Å². The minimum Gasteiger partial charge on any atom is -0.313 e. The average Bonchev–Trinajstić information content (AvgIpc) is 2.72. The van der Waals surface area contributed by atoms with Gasteiger partial charge in [0.25, 0.3) is 10.0 Å². The van der Waals surface area contributed by atoms with Crippen LogP contribution in [0.15, 0.2) is 17.7 Å². The van der Waals surface area contributed by atoms with Crippen molar-refractivity contribution in [2.24, 2.45) is 0 Å². The minimum atomic E-state index is -3.57. The number of H-pyrrole nitrogens is 1. The number of hydrogen-bond acceptors (Lipinski definition) is 4. The summed E-state index contributed by atoms with van der Waals surface area (Å²) in [5, 5.41) is 9.98. The first-order valence-corrected chi connectivity index (χ1v) is 7.71. The van der Waals surface area contributed by atoms with E-state index in [0.29, 0.717) is 12.1 Å². The van der Waals surface area contributed by atoms with Crippen LogP contribution in [0.2, 0.25) is 0 Å². The van der Waals surface area contributed by atoms with Crippen LogP contribution in [0.4, 0.5) is 0 Å². The second-order valence-corrected chi connectivity index (χ2v) is 6.34. The van der Waals surface area contributed by atoms with Crippen molar-refractivity contribution in [1.29, 1.82) is 0 Å². The van der Waals surface area contributed by atoms with Gasteiger partial charge >= 0.3 is 0 Å². The van der Waals surface area contributed by atoms with Gasteiger partial charge in [0.15, 0.2) is 5.03 Å². The number of aryl methyl sites for hydroxylation is 1. The topological polar surface area (TPSA) is 78.1 Å². The van der Waals surface area contributed by atoms with Crippen molar-refractivity contribution in [2.75, 3.05) is 20.1 Å². The van der Waals surface area contributed by atoms with E-state index in [4.69, 9.17) is 0 Å². The van der Waals surface area contributed by atoms with Gasteiger partial charge in [-0.1, -0.05) is 13.0 Å². The zero-order valence-corrected chi connectivity index (χ0v) is 12.5. The lowest BCUT2D eigenvalue weighted by atomic mass is 10.2. The van der Waals surface area contributed by atoms with Crippen molar-refractivity contribution in [3.63, 3.8) is 0 Å². The quantitative estimate of drug-likeness (QED) is 0.552. The van der Waals surface area contributed by atoms with Crippen molar-refractivity contribution in [3.8, 4) is 0 Å². The van der Waals surface area contributed by atoms with E-state index in [0.717, 1.165) is 18.7 Å². The molecule has 0 bridgehead atoms. The lowest BCUT2D eigenvalue weighted by molar-refractivity contribution is 0.493. The van der Waals surface area contributed by atoms with E-state index in [2.05, 4.69) is 29.0 Å². The van der Waals surface area contributed by atoms with Gasteiger partial charge in [0.2, 0.25) is 0 Å². The first-order chi connectivity index (χ1) is 8.95. The predicted octanol–water partition coefficient (Wildman–Crippen LogP) is 1.02. The summed E-state index contributed by atoms with van der Waals surface area (Å²) >= 11 is 0. The van der Waals surface area contributed by atoms with Gasteiger partial charge < -0.3 is 5.32 Å². The third-order valence-corrected chi connectivity index (χ3v) is 4.60. The van der Waals surface area contributed by atoms with Crippen molar-refractivity contribution >= 4 is 10.0 Å². The molecule has 6 nitrogen and oxygen atoms in total. The Labute approximate surface area is 114 Å². The van der Waals surface area contributed by atoms with E-state index in [-0.39, 0.29) is 11.6 Å². The molecule has 0 aliphatic heterocycles. The van der Waals surface area contributed by atoms with Gasteiger partial charge in [0.1, 0.15) is 0 Å². The molecule has 108 valence electrons. The summed E-state index contributed by atoms with van der Waals surface area (Å²) in [6, 6.07) is 0. The van der Waals surface area contributed by atoms with Crippen molar-refractivity contribution in [1.82, 2.24) is 19.8 Å². The van der Waals surface area contributed by atoms with Gasteiger partial charge in [-0.3, -0.25) is 5.10 Å². The average molecular weight is 286 g/mol. The second kappa shape index (κ2) is 6.83. The summed E-state index contributed by atoms with van der Waals surface area (Å²) in [6.07, 6.45) is 2.54. The first kappa shape index (κ1) is 15.9. The Morgan fingerprint density at radius 1 is 1.53 bits per heavy atom. The Bertz CT molecular complexity index is 522. The van der Waals surface area contributed by atoms with Gasteiger partial charge in [-0.05, 0) is 19.9 Å². The van der Waals surface area contributed by atoms with E-state index in [9.17, 15) is 8.42 Å². The number of nitrogens with one attached hydrogen (secondary N) is 2.